The van der Waals surface area contributed by atoms with Crippen LogP contribution in [0.1, 0.15) is 65.4 Å². The summed E-state index contributed by atoms with van der Waals surface area (Å²) in [4.78, 5) is 6.98. The summed E-state index contributed by atoms with van der Waals surface area (Å²) in [6.07, 6.45) is 10.8. The maximum atomic E-state index is 4.18. The van der Waals surface area contributed by atoms with Gasteiger partial charge in [-0.2, -0.15) is 0 Å². The molecule has 2 heteroatoms. The minimum absolute atomic E-state index is 0.262. The molecule has 1 saturated carbocycles. The molecule has 3 rings (SSSR count). The number of pyridine rings is 1. The van der Waals surface area contributed by atoms with E-state index in [9.17, 15) is 0 Å². The second-order valence-corrected chi connectivity index (χ2v) is 8.01. The van der Waals surface area contributed by atoms with Crippen LogP contribution in [0.15, 0.2) is 24.5 Å². The monoisotopic (exact) mass is 286 g/mol. The highest BCUT2D eigenvalue weighted by Crippen LogP contribution is 2.52. The van der Waals surface area contributed by atoms with Gasteiger partial charge in [-0.05, 0) is 81.5 Å². The molecule has 2 fully saturated rings. The average Bonchev–Trinajstić information content (AvgIpc) is 3.08. The summed E-state index contributed by atoms with van der Waals surface area (Å²) in [5.74, 6) is 0.791. The Morgan fingerprint density at radius 2 is 1.95 bits per heavy atom. The number of hydrogen-bond donors (Lipinski definition) is 0. The number of likely N-dealkylation sites (tertiary alicyclic amines) is 1. The zero-order valence-electron chi connectivity index (χ0n) is 14.1. The Balaban J connectivity index is 1.81. The summed E-state index contributed by atoms with van der Waals surface area (Å²) in [6, 6.07) is 5.11. The topological polar surface area (TPSA) is 16.1 Å². The third kappa shape index (κ3) is 2.52. The SMILES string of the molecule is CC(C)N1CCCC12CCC(C(C)(C)c1ccncc1)C2. The maximum absolute atomic E-state index is 4.18. The highest BCUT2D eigenvalue weighted by Gasteiger charge is 2.50. The minimum Gasteiger partial charge on any atom is -0.295 e. The van der Waals surface area contributed by atoms with Crippen molar-refractivity contribution in [2.45, 2.75) is 76.8 Å². The van der Waals surface area contributed by atoms with E-state index in [0.29, 0.717) is 11.6 Å². The molecule has 0 N–H and O–H groups in total. The predicted octanol–water partition coefficient (Wildman–Crippen LogP) is 4.40. The smallest absolute Gasteiger partial charge is 0.0270 e. The molecule has 2 unspecified atom stereocenters. The van der Waals surface area contributed by atoms with Crippen LogP contribution in [0.2, 0.25) is 0 Å². The van der Waals surface area contributed by atoms with E-state index >= 15 is 0 Å². The fourth-order valence-corrected chi connectivity index (χ4v) is 4.99. The van der Waals surface area contributed by atoms with Gasteiger partial charge in [0, 0.05) is 24.0 Å². The lowest BCUT2D eigenvalue weighted by atomic mass is 9.72. The summed E-state index contributed by atoms with van der Waals surface area (Å²) in [5, 5.41) is 0. The van der Waals surface area contributed by atoms with Crippen LogP contribution in [-0.4, -0.2) is 28.0 Å². The number of hydrogen-bond acceptors (Lipinski definition) is 2. The van der Waals surface area contributed by atoms with E-state index in [-0.39, 0.29) is 5.41 Å². The second-order valence-electron chi connectivity index (χ2n) is 8.01. The van der Waals surface area contributed by atoms with Crippen molar-refractivity contribution in [1.29, 1.82) is 0 Å². The Bertz CT molecular complexity index is 480. The van der Waals surface area contributed by atoms with Gasteiger partial charge in [0.15, 0.2) is 0 Å². The average molecular weight is 286 g/mol. The Morgan fingerprint density at radius 3 is 2.62 bits per heavy atom. The van der Waals surface area contributed by atoms with Crippen molar-refractivity contribution in [3.8, 4) is 0 Å². The van der Waals surface area contributed by atoms with E-state index in [0.717, 1.165) is 5.92 Å². The molecule has 21 heavy (non-hydrogen) atoms. The van der Waals surface area contributed by atoms with Gasteiger partial charge in [0.2, 0.25) is 0 Å². The van der Waals surface area contributed by atoms with Crippen LogP contribution in [0.25, 0.3) is 0 Å². The van der Waals surface area contributed by atoms with Crippen molar-refractivity contribution in [2.75, 3.05) is 6.54 Å². The van der Waals surface area contributed by atoms with Crippen LogP contribution in [0.4, 0.5) is 0 Å². The van der Waals surface area contributed by atoms with Crippen LogP contribution in [0.3, 0.4) is 0 Å². The Hall–Kier alpha value is -0.890. The summed E-state index contributed by atoms with van der Waals surface area (Å²) in [5.41, 5.74) is 2.22. The third-order valence-corrected chi connectivity index (χ3v) is 6.30. The van der Waals surface area contributed by atoms with E-state index in [4.69, 9.17) is 0 Å². The first kappa shape index (κ1) is 15.0. The van der Waals surface area contributed by atoms with Crippen LogP contribution in [0, 0.1) is 5.92 Å². The molecule has 0 amide bonds. The molecule has 2 heterocycles. The molecule has 0 aromatic carbocycles. The molecule has 0 radical (unpaired) electrons. The van der Waals surface area contributed by atoms with Crippen molar-refractivity contribution >= 4 is 0 Å². The molecule has 2 atom stereocenters. The van der Waals surface area contributed by atoms with Gasteiger partial charge in [0.05, 0.1) is 0 Å². The van der Waals surface area contributed by atoms with Crippen LogP contribution < -0.4 is 0 Å². The first-order valence-corrected chi connectivity index (χ1v) is 8.63. The number of aromatic nitrogens is 1. The zero-order valence-corrected chi connectivity index (χ0v) is 14.1. The molecular weight excluding hydrogens is 256 g/mol. The van der Waals surface area contributed by atoms with Gasteiger partial charge in [0.1, 0.15) is 0 Å². The van der Waals surface area contributed by atoms with Gasteiger partial charge < -0.3 is 0 Å². The summed E-state index contributed by atoms with van der Waals surface area (Å²) in [7, 11) is 0. The molecular formula is C19H30N2. The van der Waals surface area contributed by atoms with E-state index in [2.05, 4.69) is 49.7 Å². The molecule has 1 spiro atoms. The largest absolute Gasteiger partial charge is 0.295 e. The van der Waals surface area contributed by atoms with E-state index in [1.165, 1.54) is 44.2 Å². The van der Waals surface area contributed by atoms with Gasteiger partial charge in [-0.15, -0.1) is 0 Å². The highest BCUT2D eigenvalue weighted by atomic mass is 15.2. The number of rotatable bonds is 3. The third-order valence-electron chi connectivity index (χ3n) is 6.30. The van der Waals surface area contributed by atoms with Crippen LogP contribution >= 0.6 is 0 Å². The molecule has 116 valence electrons. The molecule has 1 aliphatic heterocycles. The minimum atomic E-state index is 0.262. The van der Waals surface area contributed by atoms with Gasteiger partial charge in [-0.3, -0.25) is 9.88 Å². The van der Waals surface area contributed by atoms with Gasteiger partial charge in [-0.25, -0.2) is 0 Å². The Kier molecular flexibility index (Phi) is 3.85. The maximum Gasteiger partial charge on any atom is 0.0270 e. The van der Waals surface area contributed by atoms with Crippen molar-refractivity contribution in [2.24, 2.45) is 5.92 Å². The van der Waals surface area contributed by atoms with E-state index < -0.39 is 0 Å². The van der Waals surface area contributed by atoms with Crippen molar-refractivity contribution in [3.05, 3.63) is 30.1 Å². The molecule has 1 saturated heterocycles. The first-order valence-electron chi connectivity index (χ1n) is 8.63. The Morgan fingerprint density at radius 1 is 1.24 bits per heavy atom. The van der Waals surface area contributed by atoms with Crippen LogP contribution in [0.5, 0.6) is 0 Å². The van der Waals surface area contributed by atoms with Gasteiger partial charge in [-0.1, -0.05) is 13.8 Å². The highest BCUT2D eigenvalue weighted by molar-refractivity contribution is 5.23. The fraction of sp³-hybridized carbons (Fsp3) is 0.737. The van der Waals surface area contributed by atoms with Crippen molar-refractivity contribution in [3.63, 3.8) is 0 Å². The quantitative estimate of drug-likeness (QED) is 0.818. The van der Waals surface area contributed by atoms with E-state index in [1.807, 2.05) is 12.4 Å². The summed E-state index contributed by atoms with van der Waals surface area (Å²) >= 11 is 0. The second kappa shape index (κ2) is 5.39. The molecule has 1 aliphatic carbocycles. The lowest BCUT2D eigenvalue weighted by Crippen LogP contribution is -2.46. The lowest BCUT2D eigenvalue weighted by Gasteiger charge is -2.40. The normalized spacial score (nSPS) is 30.6. The fourth-order valence-electron chi connectivity index (χ4n) is 4.99. The summed E-state index contributed by atoms with van der Waals surface area (Å²) < 4.78 is 0. The molecule has 0 bridgehead atoms. The molecule has 2 nitrogen and oxygen atoms in total. The van der Waals surface area contributed by atoms with Crippen molar-refractivity contribution < 1.29 is 0 Å². The molecule has 1 aromatic rings. The summed E-state index contributed by atoms with van der Waals surface area (Å²) in [6.45, 7) is 10.9. The Labute approximate surface area is 130 Å². The van der Waals surface area contributed by atoms with Gasteiger partial charge in [0.25, 0.3) is 0 Å². The standard InChI is InChI=1S/C19H30N2/c1-15(2)21-13-5-9-19(21)10-6-17(14-19)18(3,4)16-7-11-20-12-8-16/h7-8,11-12,15,17H,5-6,9-10,13-14H2,1-4H3. The van der Waals surface area contributed by atoms with Crippen LogP contribution in [-0.2, 0) is 5.41 Å². The zero-order chi connectivity index (χ0) is 15.1. The lowest BCUT2D eigenvalue weighted by molar-refractivity contribution is 0.0984. The van der Waals surface area contributed by atoms with Gasteiger partial charge >= 0.3 is 0 Å². The van der Waals surface area contributed by atoms with Crippen molar-refractivity contribution in [1.82, 2.24) is 9.88 Å². The first-order chi connectivity index (χ1) is 9.96. The predicted molar refractivity (Wildman–Crippen MR) is 88.4 cm³/mol. The molecule has 2 aliphatic rings. The van der Waals surface area contributed by atoms with E-state index in [1.54, 1.807) is 0 Å². The molecule has 1 aromatic heterocycles. The number of nitrogens with zero attached hydrogens (tertiary/aromatic N) is 2.